The molecule has 2 aromatic rings. The van der Waals surface area contributed by atoms with Gasteiger partial charge in [0.1, 0.15) is 17.4 Å². The molecule has 1 aliphatic rings. The standard InChI is InChI=1S/C17H17BrFN3O2/c1-24-13-3-4-14(15(19)10-13)17(23)22-8-6-21(7-9-22)16-5-2-12(18)11-20-16/h2-5,10-11H,6-9H2,1H3. The number of nitrogens with zero attached hydrogens (tertiary/aromatic N) is 3. The van der Waals surface area contributed by atoms with Crippen molar-refractivity contribution in [3.05, 3.63) is 52.4 Å². The number of piperazine rings is 1. The lowest BCUT2D eigenvalue weighted by Gasteiger charge is -2.35. The van der Waals surface area contributed by atoms with Crippen LogP contribution in [0.15, 0.2) is 41.0 Å². The van der Waals surface area contributed by atoms with Crippen LogP contribution >= 0.6 is 15.9 Å². The molecule has 0 radical (unpaired) electrons. The summed E-state index contributed by atoms with van der Waals surface area (Å²) in [5.74, 6) is 0.422. The van der Waals surface area contributed by atoms with Crippen LogP contribution in [0.4, 0.5) is 10.2 Å². The zero-order valence-electron chi connectivity index (χ0n) is 13.2. The highest BCUT2D eigenvalue weighted by atomic mass is 79.9. The van der Waals surface area contributed by atoms with Gasteiger partial charge in [-0.3, -0.25) is 4.79 Å². The fourth-order valence-electron chi connectivity index (χ4n) is 2.66. The number of methoxy groups -OCH3 is 1. The molecule has 1 saturated heterocycles. The van der Waals surface area contributed by atoms with E-state index in [0.717, 1.165) is 10.3 Å². The summed E-state index contributed by atoms with van der Waals surface area (Å²) in [6.45, 7) is 2.39. The first kappa shape index (κ1) is 16.7. The summed E-state index contributed by atoms with van der Waals surface area (Å²) in [5, 5.41) is 0. The van der Waals surface area contributed by atoms with Gasteiger partial charge in [0, 0.05) is 42.9 Å². The fourth-order valence-corrected chi connectivity index (χ4v) is 2.89. The van der Waals surface area contributed by atoms with Crippen molar-refractivity contribution >= 4 is 27.7 Å². The summed E-state index contributed by atoms with van der Waals surface area (Å²) in [4.78, 5) is 20.7. The predicted molar refractivity (Wildman–Crippen MR) is 93.0 cm³/mol. The minimum atomic E-state index is -0.559. The number of benzene rings is 1. The molecule has 0 unspecified atom stereocenters. The van der Waals surface area contributed by atoms with Crippen LogP contribution in [0.3, 0.4) is 0 Å². The van der Waals surface area contributed by atoms with Crippen molar-refractivity contribution in [1.29, 1.82) is 0 Å². The van der Waals surface area contributed by atoms with Crippen LogP contribution < -0.4 is 9.64 Å². The van der Waals surface area contributed by atoms with Gasteiger partial charge in [0.2, 0.25) is 0 Å². The van der Waals surface area contributed by atoms with E-state index < -0.39 is 5.82 Å². The zero-order chi connectivity index (χ0) is 17.1. The van der Waals surface area contributed by atoms with Crippen LogP contribution in [-0.2, 0) is 0 Å². The van der Waals surface area contributed by atoms with Gasteiger partial charge in [-0.2, -0.15) is 0 Å². The van der Waals surface area contributed by atoms with Gasteiger partial charge >= 0.3 is 0 Å². The molecule has 5 nitrogen and oxygen atoms in total. The maximum absolute atomic E-state index is 14.1. The molecule has 1 fully saturated rings. The number of carbonyl (C=O) groups excluding carboxylic acids is 1. The minimum Gasteiger partial charge on any atom is -0.497 e. The maximum atomic E-state index is 14.1. The molecule has 0 saturated carbocycles. The van der Waals surface area contributed by atoms with Crippen molar-refractivity contribution in [2.24, 2.45) is 0 Å². The van der Waals surface area contributed by atoms with E-state index in [4.69, 9.17) is 4.74 Å². The second kappa shape index (κ2) is 7.17. The van der Waals surface area contributed by atoms with Crippen LogP contribution in [0.5, 0.6) is 5.75 Å². The molecule has 1 amide bonds. The van der Waals surface area contributed by atoms with Crippen LogP contribution in [0.1, 0.15) is 10.4 Å². The number of hydrogen-bond donors (Lipinski definition) is 0. The molecule has 1 aromatic carbocycles. The van der Waals surface area contributed by atoms with E-state index in [2.05, 4.69) is 25.8 Å². The van der Waals surface area contributed by atoms with Gasteiger partial charge in [-0.15, -0.1) is 0 Å². The molecular formula is C17H17BrFN3O2. The third kappa shape index (κ3) is 3.51. The van der Waals surface area contributed by atoms with E-state index in [1.807, 2.05) is 12.1 Å². The van der Waals surface area contributed by atoms with E-state index in [-0.39, 0.29) is 11.5 Å². The average molecular weight is 394 g/mol. The Bertz CT molecular complexity index is 731. The van der Waals surface area contributed by atoms with Gasteiger partial charge in [-0.05, 0) is 40.2 Å². The molecule has 7 heteroatoms. The summed E-state index contributed by atoms with van der Waals surface area (Å²) < 4.78 is 20.0. The van der Waals surface area contributed by atoms with E-state index >= 15 is 0 Å². The van der Waals surface area contributed by atoms with Gasteiger partial charge in [0.05, 0.1) is 12.7 Å². The van der Waals surface area contributed by atoms with E-state index in [1.54, 1.807) is 17.2 Å². The third-order valence-corrected chi connectivity index (χ3v) is 4.48. The molecule has 0 bridgehead atoms. The Kier molecular flexibility index (Phi) is 4.99. The number of amides is 1. The monoisotopic (exact) mass is 393 g/mol. The maximum Gasteiger partial charge on any atom is 0.256 e. The fraction of sp³-hybridized carbons (Fsp3) is 0.294. The largest absolute Gasteiger partial charge is 0.497 e. The first-order valence-electron chi connectivity index (χ1n) is 7.58. The van der Waals surface area contributed by atoms with Crippen LogP contribution in [0.25, 0.3) is 0 Å². The molecule has 0 atom stereocenters. The van der Waals surface area contributed by atoms with Crippen LogP contribution in [-0.4, -0.2) is 49.1 Å². The predicted octanol–water partition coefficient (Wildman–Crippen LogP) is 2.95. The third-order valence-electron chi connectivity index (χ3n) is 4.01. The second-order valence-corrected chi connectivity index (χ2v) is 6.38. The molecule has 3 rings (SSSR count). The van der Waals surface area contributed by atoms with E-state index in [0.29, 0.717) is 31.9 Å². The summed E-state index contributed by atoms with van der Waals surface area (Å²) in [5.41, 5.74) is 0.0750. The highest BCUT2D eigenvalue weighted by molar-refractivity contribution is 9.10. The Morgan fingerprint density at radius 3 is 2.54 bits per heavy atom. The number of aromatic nitrogens is 1. The highest BCUT2D eigenvalue weighted by Crippen LogP contribution is 2.20. The number of rotatable bonds is 3. The number of ether oxygens (including phenoxy) is 1. The van der Waals surface area contributed by atoms with Gasteiger partial charge in [0.15, 0.2) is 0 Å². The second-order valence-electron chi connectivity index (χ2n) is 5.46. The zero-order valence-corrected chi connectivity index (χ0v) is 14.8. The Morgan fingerprint density at radius 2 is 1.96 bits per heavy atom. The van der Waals surface area contributed by atoms with Crippen molar-refractivity contribution in [3.8, 4) is 5.75 Å². The topological polar surface area (TPSA) is 45.7 Å². The molecule has 2 heterocycles. The first-order chi connectivity index (χ1) is 11.6. The average Bonchev–Trinajstić information content (AvgIpc) is 2.62. The Morgan fingerprint density at radius 1 is 1.21 bits per heavy atom. The lowest BCUT2D eigenvalue weighted by molar-refractivity contribution is 0.0741. The summed E-state index contributed by atoms with van der Waals surface area (Å²) in [7, 11) is 1.46. The molecule has 1 aliphatic heterocycles. The lowest BCUT2D eigenvalue weighted by atomic mass is 10.1. The van der Waals surface area contributed by atoms with Crippen molar-refractivity contribution in [2.75, 3.05) is 38.2 Å². The van der Waals surface area contributed by atoms with E-state index in [9.17, 15) is 9.18 Å². The summed E-state index contributed by atoms with van der Waals surface area (Å²) in [6, 6.07) is 8.17. The highest BCUT2D eigenvalue weighted by Gasteiger charge is 2.24. The van der Waals surface area contributed by atoms with Crippen molar-refractivity contribution in [3.63, 3.8) is 0 Å². The number of anilines is 1. The van der Waals surface area contributed by atoms with Gasteiger partial charge in [0.25, 0.3) is 5.91 Å². The smallest absolute Gasteiger partial charge is 0.256 e. The molecule has 126 valence electrons. The minimum absolute atomic E-state index is 0.0750. The summed E-state index contributed by atoms with van der Waals surface area (Å²) >= 11 is 3.36. The summed E-state index contributed by atoms with van der Waals surface area (Å²) in [6.07, 6.45) is 1.75. The van der Waals surface area contributed by atoms with Crippen LogP contribution in [0, 0.1) is 5.82 Å². The first-order valence-corrected chi connectivity index (χ1v) is 8.37. The van der Waals surface area contributed by atoms with Crippen LogP contribution in [0.2, 0.25) is 0 Å². The molecule has 0 N–H and O–H groups in total. The van der Waals surface area contributed by atoms with Gasteiger partial charge < -0.3 is 14.5 Å². The number of carbonyl (C=O) groups is 1. The molecule has 1 aromatic heterocycles. The van der Waals surface area contributed by atoms with Crippen molar-refractivity contribution < 1.29 is 13.9 Å². The number of halogens is 2. The van der Waals surface area contributed by atoms with Crippen molar-refractivity contribution in [1.82, 2.24) is 9.88 Å². The molecule has 24 heavy (non-hydrogen) atoms. The van der Waals surface area contributed by atoms with Crippen molar-refractivity contribution in [2.45, 2.75) is 0 Å². The number of hydrogen-bond acceptors (Lipinski definition) is 4. The molecule has 0 aliphatic carbocycles. The van der Waals surface area contributed by atoms with Gasteiger partial charge in [-0.25, -0.2) is 9.37 Å². The Labute approximate surface area is 148 Å². The Balaban J connectivity index is 1.66. The van der Waals surface area contributed by atoms with E-state index in [1.165, 1.54) is 19.2 Å². The SMILES string of the molecule is COc1ccc(C(=O)N2CCN(c3ccc(Br)cn3)CC2)c(F)c1. The normalized spacial score (nSPS) is 14.6. The number of pyridine rings is 1. The molecular weight excluding hydrogens is 377 g/mol. The lowest BCUT2D eigenvalue weighted by Crippen LogP contribution is -2.49. The quantitative estimate of drug-likeness (QED) is 0.803. The van der Waals surface area contributed by atoms with Gasteiger partial charge in [-0.1, -0.05) is 0 Å². The Hall–Kier alpha value is -2.15. The molecule has 0 spiro atoms.